The molecule has 27 heavy (non-hydrogen) atoms. The van der Waals surface area contributed by atoms with Crippen molar-refractivity contribution in [2.75, 3.05) is 7.05 Å². The van der Waals surface area contributed by atoms with Crippen molar-refractivity contribution in [3.05, 3.63) is 35.9 Å². The lowest BCUT2D eigenvalue weighted by Gasteiger charge is -2.42. The summed E-state index contributed by atoms with van der Waals surface area (Å²) in [5, 5.41) is 9.54. The monoisotopic (exact) mass is 377 g/mol. The Balaban J connectivity index is 3.14. The molecule has 1 aromatic rings. The lowest BCUT2D eigenvalue weighted by atomic mass is 9.77. The molecule has 0 aliphatic rings. The van der Waals surface area contributed by atoms with Gasteiger partial charge in [0, 0.05) is 25.1 Å². The predicted molar refractivity (Wildman–Crippen MR) is 107 cm³/mol. The van der Waals surface area contributed by atoms with Crippen molar-refractivity contribution in [2.24, 2.45) is 10.8 Å². The molecule has 152 valence electrons. The summed E-state index contributed by atoms with van der Waals surface area (Å²) in [5.41, 5.74) is 0.0764. The Hall–Kier alpha value is -1.88. The van der Waals surface area contributed by atoms with Gasteiger partial charge in [-0.25, -0.2) is 4.79 Å². The molecule has 1 unspecified atom stereocenters. The molecule has 0 saturated heterocycles. The predicted octanol–water partition coefficient (Wildman–Crippen LogP) is 3.90. The molecule has 3 atom stereocenters. The Morgan fingerprint density at radius 2 is 1.56 bits per heavy atom. The number of rotatable bonds is 6. The smallest absolute Gasteiger partial charge is 0.334 e. The van der Waals surface area contributed by atoms with Crippen LogP contribution in [0.5, 0.6) is 0 Å². The fourth-order valence-electron chi connectivity index (χ4n) is 3.04. The average Bonchev–Trinajstić information content (AvgIpc) is 2.55. The van der Waals surface area contributed by atoms with Crippen LogP contribution in [0.2, 0.25) is 0 Å². The topological polar surface area (TPSA) is 66.8 Å². The van der Waals surface area contributed by atoms with Crippen molar-refractivity contribution >= 4 is 11.9 Å². The maximum absolute atomic E-state index is 13.0. The van der Waals surface area contributed by atoms with Gasteiger partial charge in [0.25, 0.3) is 5.91 Å². The third-order valence-electron chi connectivity index (χ3n) is 4.81. The molecule has 0 saturated carbocycles. The number of hydrogen-bond acceptors (Lipinski definition) is 4. The summed E-state index contributed by atoms with van der Waals surface area (Å²) in [6, 6.07) is 9.01. The Morgan fingerprint density at radius 3 is 1.96 bits per heavy atom. The molecule has 0 aromatic heterocycles. The number of amides is 1. The van der Waals surface area contributed by atoms with Crippen LogP contribution in [0, 0.1) is 10.8 Å². The zero-order valence-electron chi connectivity index (χ0n) is 17.9. The van der Waals surface area contributed by atoms with Gasteiger partial charge < -0.3 is 14.7 Å². The van der Waals surface area contributed by atoms with E-state index in [0.717, 1.165) is 0 Å². The molecular formula is C22H35NO4. The molecule has 0 heterocycles. The van der Waals surface area contributed by atoms with Crippen LogP contribution in [0.25, 0.3) is 0 Å². The van der Waals surface area contributed by atoms with Gasteiger partial charge in [-0.05, 0) is 29.9 Å². The Bertz CT molecular complexity index is 626. The van der Waals surface area contributed by atoms with Crippen LogP contribution >= 0.6 is 0 Å². The third-order valence-corrected chi connectivity index (χ3v) is 4.81. The van der Waals surface area contributed by atoms with Gasteiger partial charge in [0.2, 0.25) is 0 Å². The summed E-state index contributed by atoms with van der Waals surface area (Å²) in [7, 11) is 1.79. The highest BCUT2D eigenvalue weighted by Gasteiger charge is 2.39. The zero-order valence-corrected chi connectivity index (χ0v) is 17.9. The molecule has 0 spiro atoms. The number of aliphatic hydroxyl groups excluding tert-OH is 1. The largest absolute Gasteiger partial charge is 0.460 e. The molecule has 0 bridgehead atoms. The SMILES string of the molecule is CC(O)C(=O)O[C@H](C[C@H](N(C)C(=O)c1ccccc1)C(C)(C)C)C(C)(C)C. The first kappa shape index (κ1) is 23.2. The Kier molecular flexibility index (Phi) is 7.61. The molecule has 1 amide bonds. The number of carbonyl (C=O) groups excluding carboxylic acids is 2. The van der Waals surface area contributed by atoms with E-state index < -0.39 is 18.2 Å². The summed E-state index contributed by atoms with van der Waals surface area (Å²) in [4.78, 5) is 26.7. The van der Waals surface area contributed by atoms with E-state index in [2.05, 4.69) is 20.8 Å². The minimum absolute atomic E-state index is 0.0648. The van der Waals surface area contributed by atoms with Gasteiger partial charge in [-0.3, -0.25) is 4.79 Å². The Labute approximate surface area is 163 Å². The standard InChI is InChI=1S/C22H35NO4/c1-15(24)20(26)27-18(22(5,6)7)14-17(21(2,3)4)23(8)19(25)16-12-10-9-11-13-16/h9-13,15,17-18,24H,14H2,1-8H3/t15?,17-,18+/m0/s1. The molecular weight excluding hydrogens is 342 g/mol. The number of aliphatic hydroxyl groups is 1. The highest BCUT2D eigenvalue weighted by atomic mass is 16.6. The highest BCUT2D eigenvalue weighted by Crippen LogP contribution is 2.34. The van der Waals surface area contributed by atoms with Crippen molar-refractivity contribution in [3.63, 3.8) is 0 Å². The van der Waals surface area contributed by atoms with Crippen LogP contribution in [-0.4, -0.2) is 47.2 Å². The van der Waals surface area contributed by atoms with Crippen molar-refractivity contribution in [1.82, 2.24) is 4.90 Å². The van der Waals surface area contributed by atoms with Crippen LogP contribution in [0.1, 0.15) is 65.2 Å². The van der Waals surface area contributed by atoms with Gasteiger partial charge in [-0.2, -0.15) is 0 Å². The number of benzene rings is 1. The molecule has 0 aliphatic carbocycles. The number of carbonyl (C=O) groups is 2. The van der Waals surface area contributed by atoms with Crippen LogP contribution in [0.3, 0.4) is 0 Å². The summed E-state index contributed by atoms with van der Waals surface area (Å²) in [5.74, 6) is -0.704. The van der Waals surface area contributed by atoms with Crippen molar-refractivity contribution in [3.8, 4) is 0 Å². The maximum atomic E-state index is 13.0. The molecule has 1 aromatic carbocycles. The molecule has 0 fully saturated rings. The number of ether oxygens (including phenoxy) is 1. The van der Waals surface area contributed by atoms with E-state index in [9.17, 15) is 14.7 Å². The van der Waals surface area contributed by atoms with E-state index in [1.165, 1.54) is 6.92 Å². The minimum Gasteiger partial charge on any atom is -0.460 e. The van der Waals surface area contributed by atoms with E-state index >= 15 is 0 Å². The lowest BCUT2D eigenvalue weighted by molar-refractivity contribution is -0.165. The normalized spacial score (nSPS) is 15.6. The molecule has 1 N–H and O–H groups in total. The molecule has 0 radical (unpaired) electrons. The second-order valence-corrected chi connectivity index (χ2v) is 9.37. The first-order valence-electron chi connectivity index (χ1n) is 9.46. The summed E-state index contributed by atoms with van der Waals surface area (Å²) < 4.78 is 5.61. The third kappa shape index (κ3) is 6.65. The van der Waals surface area contributed by atoms with Crippen LogP contribution in [0.4, 0.5) is 0 Å². The molecule has 1 rings (SSSR count). The van der Waals surface area contributed by atoms with E-state index in [1.807, 2.05) is 39.0 Å². The van der Waals surface area contributed by atoms with Crippen LogP contribution in [0.15, 0.2) is 30.3 Å². The van der Waals surface area contributed by atoms with Gasteiger partial charge >= 0.3 is 5.97 Å². The van der Waals surface area contributed by atoms with Gasteiger partial charge in [0.1, 0.15) is 12.2 Å². The van der Waals surface area contributed by atoms with Crippen molar-refractivity contribution in [2.45, 2.75) is 73.1 Å². The molecule has 0 aliphatic heterocycles. The van der Waals surface area contributed by atoms with E-state index in [4.69, 9.17) is 4.74 Å². The summed E-state index contributed by atoms with van der Waals surface area (Å²) in [6.45, 7) is 13.6. The molecule has 5 heteroatoms. The van der Waals surface area contributed by atoms with Gasteiger partial charge in [0.15, 0.2) is 0 Å². The van der Waals surface area contributed by atoms with Gasteiger partial charge in [-0.1, -0.05) is 59.7 Å². The summed E-state index contributed by atoms with van der Waals surface area (Å²) in [6.07, 6.45) is -1.12. The van der Waals surface area contributed by atoms with Gasteiger partial charge in [-0.15, -0.1) is 0 Å². The average molecular weight is 378 g/mol. The highest BCUT2D eigenvalue weighted by molar-refractivity contribution is 5.94. The fraction of sp³-hybridized carbons (Fsp3) is 0.636. The zero-order chi connectivity index (χ0) is 21.0. The lowest BCUT2D eigenvalue weighted by Crippen LogP contribution is -2.49. The van der Waals surface area contributed by atoms with Crippen LogP contribution < -0.4 is 0 Å². The fourth-order valence-corrected chi connectivity index (χ4v) is 3.04. The second kappa shape index (κ2) is 8.87. The number of hydrogen-bond donors (Lipinski definition) is 1. The minimum atomic E-state index is -1.17. The van der Waals surface area contributed by atoms with Crippen molar-refractivity contribution < 1.29 is 19.4 Å². The van der Waals surface area contributed by atoms with E-state index in [-0.39, 0.29) is 22.8 Å². The van der Waals surface area contributed by atoms with Gasteiger partial charge in [0.05, 0.1) is 0 Å². The van der Waals surface area contributed by atoms with E-state index in [1.54, 1.807) is 24.1 Å². The summed E-state index contributed by atoms with van der Waals surface area (Å²) >= 11 is 0. The molecule has 5 nitrogen and oxygen atoms in total. The Morgan fingerprint density at radius 1 is 1.04 bits per heavy atom. The first-order valence-corrected chi connectivity index (χ1v) is 9.46. The first-order chi connectivity index (χ1) is 12.2. The quantitative estimate of drug-likeness (QED) is 0.764. The number of nitrogens with zero attached hydrogens (tertiary/aromatic N) is 1. The van der Waals surface area contributed by atoms with Crippen molar-refractivity contribution in [1.29, 1.82) is 0 Å². The van der Waals surface area contributed by atoms with E-state index in [0.29, 0.717) is 12.0 Å². The number of esters is 1. The second-order valence-electron chi connectivity index (χ2n) is 9.37. The maximum Gasteiger partial charge on any atom is 0.334 e. The van der Waals surface area contributed by atoms with Crippen LogP contribution in [-0.2, 0) is 9.53 Å².